The van der Waals surface area contributed by atoms with Crippen LogP contribution in [0.25, 0.3) is 0 Å². The Morgan fingerprint density at radius 2 is 2.06 bits per heavy atom. The molecule has 10 heteroatoms. The second kappa shape index (κ2) is 4.47. The number of H-pyrrole nitrogens is 1. The summed E-state index contributed by atoms with van der Waals surface area (Å²) in [5.41, 5.74) is 0.457. The van der Waals surface area contributed by atoms with Crippen molar-refractivity contribution in [2.45, 2.75) is 25.6 Å². The molecular formula is C7H8F3N7. The number of hydrogen-bond acceptors (Lipinski definition) is 5. The molecule has 0 amide bonds. The number of aromatic amines is 1. The SMILES string of the molecule is FC(F)(F)Cn1cc(CCc2nn[nH]n2)nn1. The topological polar surface area (TPSA) is 85.2 Å². The smallest absolute Gasteiger partial charge is 0.243 e. The van der Waals surface area contributed by atoms with E-state index in [1.165, 1.54) is 6.20 Å². The van der Waals surface area contributed by atoms with Crippen molar-refractivity contribution in [3.05, 3.63) is 17.7 Å². The number of rotatable bonds is 4. The van der Waals surface area contributed by atoms with Crippen LogP contribution in [0.1, 0.15) is 11.5 Å². The number of hydrogen-bond donors (Lipinski definition) is 1. The van der Waals surface area contributed by atoms with Gasteiger partial charge >= 0.3 is 6.18 Å². The summed E-state index contributed by atoms with van der Waals surface area (Å²) in [7, 11) is 0. The first-order valence-electron chi connectivity index (χ1n) is 4.71. The molecule has 2 aromatic rings. The minimum absolute atomic E-state index is 0.414. The predicted molar refractivity (Wildman–Crippen MR) is 47.7 cm³/mol. The number of halogens is 3. The molecule has 0 atom stereocenters. The molecule has 0 aromatic carbocycles. The standard InChI is InChI=1S/C7H8F3N7/c8-7(9,10)4-17-3-5(11-16-17)1-2-6-12-14-15-13-6/h3H,1-2,4H2,(H,12,13,14,15). The fourth-order valence-corrected chi connectivity index (χ4v) is 1.24. The van der Waals surface area contributed by atoms with E-state index in [1.807, 2.05) is 0 Å². The van der Waals surface area contributed by atoms with Gasteiger partial charge < -0.3 is 0 Å². The van der Waals surface area contributed by atoms with Gasteiger partial charge in [0.25, 0.3) is 0 Å². The van der Waals surface area contributed by atoms with Crippen LogP contribution in [-0.2, 0) is 19.4 Å². The highest BCUT2D eigenvalue weighted by molar-refractivity contribution is 4.95. The van der Waals surface area contributed by atoms with Gasteiger partial charge in [-0.25, -0.2) is 4.68 Å². The number of aryl methyl sites for hydroxylation is 2. The zero-order valence-electron chi connectivity index (χ0n) is 8.52. The zero-order chi connectivity index (χ0) is 12.3. The van der Waals surface area contributed by atoms with Crippen molar-refractivity contribution in [3.8, 4) is 0 Å². The number of tetrazole rings is 1. The second-order valence-corrected chi connectivity index (χ2v) is 3.35. The van der Waals surface area contributed by atoms with Crippen LogP contribution < -0.4 is 0 Å². The minimum atomic E-state index is -4.29. The van der Waals surface area contributed by atoms with Crippen LogP contribution >= 0.6 is 0 Å². The van der Waals surface area contributed by atoms with E-state index in [2.05, 4.69) is 30.9 Å². The lowest BCUT2D eigenvalue weighted by Crippen LogP contribution is -2.18. The monoisotopic (exact) mass is 247 g/mol. The molecule has 0 radical (unpaired) electrons. The molecule has 0 fully saturated rings. The van der Waals surface area contributed by atoms with E-state index in [0.717, 1.165) is 4.68 Å². The van der Waals surface area contributed by atoms with Crippen LogP contribution in [0.5, 0.6) is 0 Å². The summed E-state index contributed by atoms with van der Waals surface area (Å²) in [6, 6.07) is 0. The van der Waals surface area contributed by atoms with E-state index in [0.29, 0.717) is 24.4 Å². The molecule has 7 nitrogen and oxygen atoms in total. The molecule has 17 heavy (non-hydrogen) atoms. The molecule has 2 aromatic heterocycles. The average molecular weight is 247 g/mol. The summed E-state index contributed by atoms with van der Waals surface area (Å²) in [5, 5.41) is 20.1. The molecule has 0 aliphatic heterocycles. The molecule has 0 aliphatic carbocycles. The Hall–Kier alpha value is -2.00. The van der Waals surface area contributed by atoms with E-state index in [-0.39, 0.29) is 0 Å². The Morgan fingerprint density at radius 1 is 1.24 bits per heavy atom. The summed E-state index contributed by atoms with van der Waals surface area (Å²) < 4.78 is 36.9. The number of aromatic nitrogens is 7. The molecule has 2 heterocycles. The fraction of sp³-hybridized carbons (Fsp3) is 0.571. The van der Waals surface area contributed by atoms with Crippen molar-refractivity contribution >= 4 is 0 Å². The molecule has 1 N–H and O–H groups in total. The van der Waals surface area contributed by atoms with E-state index in [1.54, 1.807) is 0 Å². The maximum Gasteiger partial charge on any atom is 0.408 e. The van der Waals surface area contributed by atoms with E-state index in [9.17, 15) is 13.2 Å². The van der Waals surface area contributed by atoms with Crippen molar-refractivity contribution in [1.29, 1.82) is 0 Å². The van der Waals surface area contributed by atoms with Crippen molar-refractivity contribution in [2.24, 2.45) is 0 Å². The van der Waals surface area contributed by atoms with Crippen LogP contribution in [0.15, 0.2) is 6.20 Å². The molecule has 92 valence electrons. The lowest BCUT2D eigenvalue weighted by molar-refractivity contribution is -0.142. The van der Waals surface area contributed by atoms with Gasteiger partial charge in [-0.15, -0.1) is 15.3 Å². The molecule has 0 spiro atoms. The normalized spacial score (nSPS) is 11.9. The summed E-state index contributed by atoms with van der Waals surface area (Å²) in [5.74, 6) is 0.482. The van der Waals surface area contributed by atoms with Gasteiger partial charge in [0.1, 0.15) is 6.54 Å². The molecule has 0 bridgehead atoms. The third-order valence-corrected chi connectivity index (χ3v) is 1.92. The van der Waals surface area contributed by atoms with E-state index >= 15 is 0 Å². The summed E-state index contributed by atoms with van der Waals surface area (Å²) in [6.07, 6.45) is -2.18. The Morgan fingerprint density at radius 3 is 2.71 bits per heavy atom. The summed E-state index contributed by atoms with van der Waals surface area (Å²) in [6.45, 7) is -1.14. The highest BCUT2D eigenvalue weighted by Gasteiger charge is 2.28. The van der Waals surface area contributed by atoms with Gasteiger partial charge in [-0.3, -0.25) is 0 Å². The molecular weight excluding hydrogens is 239 g/mol. The van der Waals surface area contributed by atoms with E-state index < -0.39 is 12.7 Å². The molecule has 0 aliphatic rings. The average Bonchev–Trinajstić information content (AvgIpc) is 2.82. The first kappa shape index (κ1) is 11.5. The Balaban J connectivity index is 1.90. The number of nitrogens with zero attached hydrogens (tertiary/aromatic N) is 6. The van der Waals surface area contributed by atoms with Gasteiger partial charge in [0, 0.05) is 19.0 Å². The van der Waals surface area contributed by atoms with Crippen molar-refractivity contribution in [1.82, 2.24) is 35.6 Å². The van der Waals surface area contributed by atoms with Crippen LogP contribution in [0.2, 0.25) is 0 Å². The van der Waals surface area contributed by atoms with Gasteiger partial charge in [-0.1, -0.05) is 10.4 Å². The van der Waals surface area contributed by atoms with Gasteiger partial charge in [0.2, 0.25) is 0 Å². The molecule has 2 rings (SSSR count). The third kappa shape index (κ3) is 3.50. The first-order valence-corrected chi connectivity index (χ1v) is 4.71. The number of nitrogens with one attached hydrogen (secondary N) is 1. The van der Waals surface area contributed by atoms with Gasteiger partial charge in [0.05, 0.1) is 5.69 Å². The quantitative estimate of drug-likeness (QED) is 0.830. The van der Waals surface area contributed by atoms with Gasteiger partial charge in [-0.05, 0) is 0 Å². The molecule has 0 saturated carbocycles. The van der Waals surface area contributed by atoms with Crippen molar-refractivity contribution < 1.29 is 13.2 Å². The van der Waals surface area contributed by atoms with Crippen LogP contribution in [0, 0.1) is 0 Å². The van der Waals surface area contributed by atoms with E-state index in [4.69, 9.17) is 0 Å². The van der Waals surface area contributed by atoms with Gasteiger partial charge in [0.15, 0.2) is 5.82 Å². The highest BCUT2D eigenvalue weighted by Crippen LogP contribution is 2.16. The maximum absolute atomic E-state index is 12.0. The van der Waals surface area contributed by atoms with Gasteiger partial charge in [-0.2, -0.15) is 18.4 Å². The largest absolute Gasteiger partial charge is 0.408 e. The highest BCUT2D eigenvalue weighted by atomic mass is 19.4. The minimum Gasteiger partial charge on any atom is -0.243 e. The summed E-state index contributed by atoms with van der Waals surface area (Å²) >= 11 is 0. The Labute approximate surface area is 93.0 Å². The zero-order valence-corrected chi connectivity index (χ0v) is 8.52. The van der Waals surface area contributed by atoms with Crippen LogP contribution in [0.4, 0.5) is 13.2 Å². The van der Waals surface area contributed by atoms with Crippen molar-refractivity contribution in [2.75, 3.05) is 0 Å². The summed E-state index contributed by atoms with van der Waals surface area (Å²) in [4.78, 5) is 0. The first-order chi connectivity index (χ1) is 8.03. The number of alkyl halides is 3. The predicted octanol–water partition coefficient (Wildman–Crippen LogP) is 0.139. The molecule has 0 saturated heterocycles. The molecule has 0 unspecified atom stereocenters. The Kier molecular flexibility index (Phi) is 3.02. The third-order valence-electron chi connectivity index (χ3n) is 1.92. The van der Waals surface area contributed by atoms with Crippen molar-refractivity contribution in [3.63, 3.8) is 0 Å². The fourth-order valence-electron chi connectivity index (χ4n) is 1.24. The maximum atomic E-state index is 12.0. The van der Waals surface area contributed by atoms with Crippen LogP contribution in [-0.4, -0.2) is 41.8 Å². The van der Waals surface area contributed by atoms with Crippen LogP contribution in [0.3, 0.4) is 0 Å². The lowest BCUT2D eigenvalue weighted by atomic mass is 10.2. The lowest BCUT2D eigenvalue weighted by Gasteiger charge is -2.03. The Bertz CT molecular complexity index is 460. The second-order valence-electron chi connectivity index (χ2n) is 3.35.